The van der Waals surface area contributed by atoms with Gasteiger partial charge in [-0.15, -0.1) is 0 Å². The van der Waals surface area contributed by atoms with Crippen molar-refractivity contribution in [2.75, 3.05) is 0 Å². The van der Waals surface area contributed by atoms with Crippen LogP contribution in [0.5, 0.6) is 0 Å². The summed E-state index contributed by atoms with van der Waals surface area (Å²) in [5, 5.41) is 14.3. The van der Waals surface area contributed by atoms with Crippen LogP contribution in [0.2, 0.25) is 0 Å². The van der Waals surface area contributed by atoms with E-state index in [-0.39, 0.29) is 0 Å². The summed E-state index contributed by atoms with van der Waals surface area (Å²) in [5.74, 6) is 0. The molecule has 9 rings (SSSR count). The lowest BCUT2D eigenvalue weighted by atomic mass is 9.91. The van der Waals surface area contributed by atoms with E-state index in [1.807, 2.05) is 54.6 Å². The Balaban J connectivity index is 1.25. The molecule has 0 aliphatic rings. The molecule has 214 valence electrons. The Morgan fingerprint density at radius 3 is 1.74 bits per heavy atom. The minimum atomic E-state index is 0.645. The van der Waals surface area contributed by atoms with Crippen molar-refractivity contribution in [3.05, 3.63) is 157 Å². The van der Waals surface area contributed by atoms with Crippen molar-refractivity contribution >= 4 is 43.9 Å². The van der Waals surface area contributed by atoms with Gasteiger partial charge in [-0.25, -0.2) is 0 Å². The van der Waals surface area contributed by atoms with Crippen LogP contribution in [-0.4, -0.2) is 0 Å². The Labute approximate surface area is 265 Å². The molecular weight excluding hydrogens is 562 g/mol. The number of nitriles is 1. The first-order valence-corrected chi connectivity index (χ1v) is 15.3. The monoisotopic (exact) mass is 587 g/mol. The minimum Gasteiger partial charge on any atom is -0.456 e. The van der Waals surface area contributed by atoms with Gasteiger partial charge in [0.15, 0.2) is 0 Å². The van der Waals surface area contributed by atoms with Gasteiger partial charge in [0, 0.05) is 27.1 Å². The number of hydrogen-bond acceptors (Lipinski definition) is 3. The Morgan fingerprint density at radius 2 is 0.957 bits per heavy atom. The van der Waals surface area contributed by atoms with Crippen LogP contribution in [0, 0.1) is 11.3 Å². The molecule has 7 aromatic carbocycles. The van der Waals surface area contributed by atoms with E-state index in [0.29, 0.717) is 5.56 Å². The predicted octanol–water partition coefficient (Wildman–Crippen LogP) is 12.0. The van der Waals surface area contributed by atoms with Gasteiger partial charge in [-0.2, -0.15) is 5.26 Å². The van der Waals surface area contributed by atoms with Crippen molar-refractivity contribution in [3.63, 3.8) is 0 Å². The summed E-state index contributed by atoms with van der Waals surface area (Å²) in [6.07, 6.45) is 0. The zero-order valence-electron chi connectivity index (χ0n) is 24.7. The van der Waals surface area contributed by atoms with Crippen molar-refractivity contribution in [2.45, 2.75) is 0 Å². The van der Waals surface area contributed by atoms with Crippen LogP contribution in [0.4, 0.5) is 0 Å². The molecule has 2 heterocycles. The topological polar surface area (TPSA) is 50.1 Å². The maximum atomic E-state index is 9.98. The zero-order chi connectivity index (χ0) is 30.6. The van der Waals surface area contributed by atoms with E-state index in [4.69, 9.17) is 8.83 Å². The fourth-order valence-corrected chi connectivity index (χ4v) is 6.68. The third-order valence-electron chi connectivity index (χ3n) is 8.92. The minimum absolute atomic E-state index is 0.645. The average Bonchev–Trinajstić information content (AvgIpc) is 3.69. The largest absolute Gasteiger partial charge is 0.456 e. The van der Waals surface area contributed by atoms with Crippen molar-refractivity contribution in [1.82, 2.24) is 0 Å². The van der Waals surface area contributed by atoms with E-state index < -0.39 is 0 Å². The summed E-state index contributed by atoms with van der Waals surface area (Å²) < 4.78 is 12.6. The first-order chi connectivity index (χ1) is 22.7. The molecule has 0 unspecified atom stereocenters. The fourth-order valence-electron chi connectivity index (χ4n) is 6.68. The van der Waals surface area contributed by atoms with Gasteiger partial charge in [-0.1, -0.05) is 97.1 Å². The lowest BCUT2D eigenvalue weighted by Crippen LogP contribution is -1.89. The second kappa shape index (κ2) is 10.4. The van der Waals surface area contributed by atoms with Crippen LogP contribution in [0.3, 0.4) is 0 Å². The normalized spacial score (nSPS) is 11.5. The highest BCUT2D eigenvalue weighted by atomic mass is 16.3. The van der Waals surface area contributed by atoms with Crippen molar-refractivity contribution in [2.24, 2.45) is 0 Å². The number of rotatable bonds is 4. The van der Waals surface area contributed by atoms with Gasteiger partial charge in [0.1, 0.15) is 22.3 Å². The Kier molecular flexibility index (Phi) is 5.88. The van der Waals surface area contributed by atoms with Crippen LogP contribution >= 0.6 is 0 Å². The maximum Gasteiger partial charge on any atom is 0.143 e. The van der Waals surface area contributed by atoms with Gasteiger partial charge in [0.2, 0.25) is 0 Å². The van der Waals surface area contributed by atoms with E-state index >= 15 is 0 Å². The van der Waals surface area contributed by atoms with E-state index in [2.05, 4.69) is 103 Å². The van der Waals surface area contributed by atoms with Crippen molar-refractivity contribution in [3.8, 4) is 50.6 Å². The first-order valence-electron chi connectivity index (χ1n) is 15.3. The van der Waals surface area contributed by atoms with E-state index in [9.17, 15) is 5.26 Å². The molecule has 0 bridgehead atoms. The Morgan fingerprint density at radius 1 is 0.370 bits per heavy atom. The summed E-state index contributed by atoms with van der Waals surface area (Å²) in [6.45, 7) is 0. The van der Waals surface area contributed by atoms with Crippen LogP contribution in [0.25, 0.3) is 88.4 Å². The third kappa shape index (κ3) is 4.20. The predicted molar refractivity (Wildman–Crippen MR) is 187 cm³/mol. The molecule has 46 heavy (non-hydrogen) atoms. The average molecular weight is 588 g/mol. The fraction of sp³-hybridized carbons (Fsp3) is 0. The highest BCUT2D eigenvalue weighted by molar-refractivity contribution is 6.11. The molecule has 0 fully saturated rings. The quantitative estimate of drug-likeness (QED) is 0.206. The third-order valence-corrected chi connectivity index (χ3v) is 8.92. The van der Waals surface area contributed by atoms with Gasteiger partial charge >= 0.3 is 0 Å². The van der Waals surface area contributed by atoms with Crippen LogP contribution in [0.15, 0.2) is 160 Å². The number of benzene rings is 7. The molecule has 0 spiro atoms. The van der Waals surface area contributed by atoms with E-state index in [1.165, 1.54) is 0 Å². The Bertz CT molecular complexity index is 2650. The molecule has 2 aromatic heterocycles. The molecule has 9 aromatic rings. The van der Waals surface area contributed by atoms with Crippen molar-refractivity contribution < 1.29 is 8.83 Å². The van der Waals surface area contributed by atoms with Crippen LogP contribution < -0.4 is 0 Å². The smallest absolute Gasteiger partial charge is 0.143 e. The number of para-hydroxylation sites is 2. The van der Waals surface area contributed by atoms with Gasteiger partial charge in [0.25, 0.3) is 0 Å². The van der Waals surface area contributed by atoms with E-state index in [1.54, 1.807) is 0 Å². The standard InChI is InChI=1S/C43H25NO2/c44-26-30-11-4-5-12-34(30)33-22-31(28-17-19-41-38(24-28)36-13-6-7-16-40(36)45-41)21-32(23-33)29-18-20-42-39(25-29)37-15-8-14-35(43(37)46-42)27-9-2-1-3-10-27/h1-25H. The molecule has 0 N–H and O–H groups in total. The van der Waals surface area contributed by atoms with E-state index in [0.717, 1.165) is 88.4 Å². The van der Waals surface area contributed by atoms with Gasteiger partial charge in [-0.05, 0) is 93.5 Å². The number of nitrogens with zero attached hydrogens (tertiary/aromatic N) is 1. The summed E-state index contributed by atoms with van der Waals surface area (Å²) in [4.78, 5) is 0. The summed E-state index contributed by atoms with van der Waals surface area (Å²) >= 11 is 0. The maximum absolute atomic E-state index is 9.98. The highest BCUT2D eigenvalue weighted by Gasteiger charge is 2.16. The molecule has 0 radical (unpaired) electrons. The van der Waals surface area contributed by atoms with Crippen LogP contribution in [-0.2, 0) is 0 Å². The molecule has 0 aliphatic carbocycles. The SMILES string of the molecule is N#Cc1ccccc1-c1cc(-c2ccc3oc4ccccc4c3c2)cc(-c2ccc3oc4c(-c5ccccc5)cccc4c3c2)c1. The molecule has 0 saturated heterocycles. The lowest BCUT2D eigenvalue weighted by Gasteiger charge is -2.12. The first kappa shape index (κ1) is 26.1. The molecule has 0 amide bonds. The van der Waals surface area contributed by atoms with Gasteiger partial charge < -0.3 is 8.83 Å². The summed E-state index contributed by atoms with van der Waals surface area (Å²) in [5.41, 5.74) is 12.5. The number of hydrogen-bond donors (Lipinski definition) is 0. The number of furan rings is 2. The van der Waals surface area contributed by atoms with Gasteiger partial charge in [-0.3, -0.25) is 0 Å². The lowest BCUT2D eigenvalue weighted by molar-refractivity contribution is 0.669. The molecule has 0 aliphatic heterocycles. The molecule has 0 atom stereocenters. The second-order valence-corrected chi connectivity index (χ2v) is 11.6. The summed E-state index contributed by atoms with van der Waals surface area (Å²) in [7, 11) is 0. The zero-order valence-corrected chi connectivity index (χ0v) is 24.7. The van der Waals surface area contributed by atoms with Crippen LogP contribution in [0.1, 0.15) is 5.56 Å². The van der Waals surface area contributed by atoms with Crippen molar-refractivity contribution in [1.29, 1.82) is 5.26 Å². The molecule has 3 nitrogen and oxygen atoms in total. The summed E-state index contributed by atoms with van der Waals surface area (Å²) in [6, 6.07) is 54.4. The molecule has 3 heteroatoms. The second-order valence-electron chi connectivity index (χ2n) is 11.6. The number of fused-ring (bicyclic) bond motifs is 6. The molecular formula is C43H25NO2. The highest BCUT2D eigenvalue weighted by Crippen LogP contribution is 2.40. The Hall–Kier alpha value is -6.37. The van der Waals surface area contributed by atoms with Gasteiger partial charge in [0.05, 0.1) is 11.6 Å². The molecule has 0 saturated carbocycles.